The molecule has 0 amide bonds. The Kier molecular flexibility index (Phi) is 4.56. The van der Waals surface area contributed by atoms with Crippen LogP contribution in [0.15, 0.2) is 90.5 Å². The van der Waals surface area contributed by atoms with Crippen molar-refractivity contribution in [1.82, 2.24) is 9.55 Å². The minimum absolute atomic E-state index is 0.309. The number of anilines is 1. The van der Waals surface area contributed by atoms with Crippen molar-refractivity contribution >= 4 is 28.6 Å². The average Bonchev–Trinajstić information content (AvgIpc) is 3.17. The smallest absolute Gasteiger partial charge is 0.338 e. The standard InChI is InChI=1S/C25H21N3O2/c1-2-30-24(29)21-22(17-11-5-3-6-12-17)27-25-26-19-15-9-10-16-20(19)28(25)23(21)18-13-7-4-8-14-18/h3-16,23H,2H2,1H3,(H,26,27). The van der Waals surface area contributed by atoms with Gasteiger partial charge in [-0.25, -0.2) is 9.78 Å². The number of ether oxygens (including phenoxy) is 1. The quantitative estimate of drug-likeness (QED) is 0.493. The lowest BCUT2D eigenvalue weighted by molar-refractivity contribution is -0.138. The summed E-state index contributed by atoms with van der Waals surface area (Å²) in [5.41, 5.74) is 5.05. The van der Waals surface area contributed by atoms with E-state index >= 15 is 0 Å². The first-order chi connectivity index (χ1) is 14.8. The van der Waals surface area contributed by atoms with Crippen LogP contribution in [0.5, 0.6) is 0 Å². The SMILES string of the molecule is CCOC(=O)C1=C(c2ccccc2)Nc2nc3ccccc3n2C1c1ccccc1. The van der Waals surface area contributed by atoms with Crippen LogP contribution in [-0.2, 0) is 9.53 Å². The van der Waals surface area contributed by atoms with Gasteiger partial charge in [-0.05, 0) is 30.2 Å². The highest BCUT2D eigenvalue weighted by Crippen LogP contribution is 2.42. The second kappa shape index (κ2) is 7.52. The molecule has 0 aliphatic carbocycles. The van der Waals surface area contributed by atoms with Gasteiger partial charge < -0.3 is 10.1 Å². The van der Waals surface area contributed by atoms with E-state index in [0.717, 1.165) is 27.9 Å². The minimum Gasteiger partial charge on any atom is -0.463 e. The summed E-state index contributed by atoms with van der Waals surface area (Å²) in [7, 11) is 0. The molecular weight excluding hydrogens is 374 g/mol. The molecule has 1 aliphatic rings. The van der Waals surface area contributed by atoms with Crippen LogP contribution >= 0.6 is 0 Å². The van der Waals surface area contributed by atoms with Crippen molar-refractivity contribution in [3.63, 3.8) is 0 Å². The number of hydrogen-bond acceptors (Lipinski definition) is 4. The lowest BCUT2D eigenvalue weighted by Gasteiger charge is -2.31. The van der Waals surface area contributed by atoms with Gasteiger partial charge in [-0.3, -0.25) is 4.57 Å². The van der Waals surface area contributed by atoms with Crippen molar-refractivity contribution in [1.29, 1.82) is 0 Å². The Morgan fingerprint density at radius 3 is 2.37 bits per heavy atom. The van der Waals surface area contributed by atoms with Crippen LogP contribution in [-0.4, -0.2) is 22.1 Å². The molecule has 148 valence electrons. The van der Waals surface area contributed by atoms with Crippen LogP contribution in [0.4, 0.5) is 5.95 Å². The first kappa shape index (κ1) is 18.2. The number of imidazole rings is 1. The van der Waals surface area contributed by atoms with Crippen LogP contribution in [0.2, 0.25) is 0 Å². The number of esters is 1. The van der Waals surface area contributed by atoms with Crippen molar-refractivity contribution in [3.8, 4) is 0 Å². The zero-order valence-corrected chi connectivity index (χ0v) is 16.6. The molecule has 5 rings (SSSR count). The van der Waals surface area contributed by atoms with Crippen molar-refractivity contribution in [2.75, 3.05) is 11.9 Å². The molecule has 1 atom stereocenters. The molecule has 3 aromatic carbocycles. The van der Waals surface area contributed by atoms with Gasteiger partial charge in [-0.1, -0.05) is 72.8 Å². The Morgan fingerprint density at radius 2 is 1.63 bits per heavy atom. The van der Waals surface area contributed by atoms with Gasteiger partial charge in [0.15, 0.2) is 0 Å². The molecular formula is C25H21N3O2. The number of benzene rings is 3. The Balaban J connectivity index is 1.83. The molecule has 30 heavy (non-hydrogen) atoms. The molecule has 1 aliphatic heterocycles. The second-order valence-corrected chi connectivity index (χ2v) is 7.11. The molecule has 1 N–H and O–H groups in total. The number of hydrogen-bond donors (Lipinski definition) is 1. The van der Waals surface area contributed by atoms with E-state index in [1.54, 1.807) is 0 Å². The van der Waals surface area contributed by atoms with Crippen LogP contribution < -0.4 is 5.32 Å². The Hall–Kier alpha value is -3.86. The zero-order valence-electron chi connectivity index (χ0n) is 16.6. The van der Waals surface area contributed by atoms with E-state index in [1.165, 1.54) is 0 Å². The number of nitrogens with zero attached hydrogens (tertiary/aromatic N) is 2. The van der Waals surface area contributed by atoms with E-state index in [2.05, 4.69) is 9.88 Å². The molecule has 0 fully saturated rings. The van der Waals surface area contributed by atoms with Crippen LogP contribution in [0, 0.1) is 0 Å². The first-order valence-electron chi connectivity index (χ1n) is 10.0. The summed E-state index contributed by atoms with van der Waals surface area (Å²) < 4.78 is 7.60. The van der Waals surface area contributed by atoms with E-state index in [9.17, 15) is 4.79 Å². The fourth-order valence-electron chi connectivity index (χ4n) is 4.05. The van der Waals surface area contributed by atoms with Gasteiger partial charge in [-0.2, -0.15) is 0 Å². The fraction of sp³-hybridized carbons (Fsp3) is 0.120. The lowest BCUT2D eigenvalue weighted by Crippen LogP contribution is -2.29. The summed E-state index contributed by atoms with van der Waals surface area (Å²) >= 11 is 0. The number of aromatic nitrogens is 2. The maximum atomic E-state index is 13.3. The van der Waals surface area contributed by atoms with Crippen molar-refractivity contribution in [2.24, 2.45) is 0 Å². The molecule has 0 saturated carbocycles. The van der Waals surface area contributed by atoms with Gasteiger partial charge >= 0.3 is 5.97 Å². The fourth-order valence-corrected chi connectivity index (χ4v) is 4.05. The third kappa shape index (κ3) is 2.95. The molecule has 5 nitrogen and oxygen atoms in total. The first-order valence-corrected chi connectivity index (χ1v) is 10.0. The number of carbonyl (C=O) groups is 1. The highest BCUT2D eigenvalue weighted by Gasteiger charge is 2.36. The molecule has 4 aromatic rings. The normalized spacial score (nSPS) is 15.6. The van der Waals surface area contributed by atoms with Crippen molar-refractivity contribution in [2.45, 2.75) is 13.0 Å². The lowest BCUT2D eigenvalue weighted by atomic mass is 9.92. The topological polar surface area (TPSA) is 56.1 Å². The Labute approximate surface area is 174 Å². The summed E-state index contributed by atoms with van der Waals surface area (Å²) in [4.78, 5) is 18.1. The van der Waals surface area contributed by atoms with Crippen LogP contribution in [0.1, 0.15) is 24.1 Å². The molecule has 0 radical (unpaired) electrons. The molecule has 0 saturated heterocycles. The maximum Gasteiger partial charge on any atom is 0.338 e. The molecule has 1 unspecified atom stereocenters. The highest BCUT2D eigenvalue weighted by atomic mass is 16.5. The predicted octanol–water partition coefficient (Wildman–Crippen LogP) is 5.03. The number of carbonyl (C=O) groups excluding carboxylic acids is 1. The summed E-state index contributed by atoms with van der Waals surface area (Å²) in [6.07, 6.45) is 0. The number of fused-ring (bicyclic) bond motifs is 3. The minimum atomic E-state index is -0.357. The van der Waals surface area contributed by atoms with E-state index in [-0.39, 0.29) is 12.0 Å². The third-order valence-electron chi connectivity index (χ3n) is 5.31. The summed E-state index contributed by atoms with van der Waals surface area (Å²) in [5.74, 6) is 0.373. The molecule has 0 spiro atoms. The van der Waals surface area contributed by atoms with Gasteiger partial charge in [-0.15, -0.1) is 0 Å². The number of rotatable bonds is 4. The van der Waals surface area contributed by atoms with Gasteiger partial charge in [0.2, 0.25) is 5.95 Å². The molecule has 2 heterocycles. The Morgan fingerprint density at radius 1 is 0.967 bits per heavy atom. The van der Waals surface area contributed by atoms with E-state index < -0.39 is 0 Å². The largest absolute Gasteiger partial charge is 0.463 e. The highest BCUT2D eigenvalue weighted by molar-refractivity contribution is 6.03. The predicted molar refractivity (Wildman–Crippen MR) is 118 cm³/mol. The van der Waals surface area contributed by atoms with E-state index in [4.69, 9.17) is 9.72 Å². The summed E-state index contributed by atoms with van der Waals surface area (Å²) in [6.45, 7) is 2.13. The third-order valence-corrected chi connectivity index (χ3v) is 5.31. The number of para-hydroxylation sites is 2. The van der Waals surface area contributed by atoms with E-state index in [1.807, 2.05) is 91.9 Å². The summed E-state index contributed by atoms with van der Waals surface area (Å²) in [5, 5.41) is 3.42. The van der Waals surface area contributed by atoms with Crippen molar-refractivity contribution in [3.05, 3.63) is 102 Å². The monoisotopic (exact) mass is 395 g/mol. The summed E-state index contributed by atoms with van der Waals surface area (Å²) in [6, 6.07) is 27.5. The van der Waals surface area contributed by atoms with Crippen LogP contribution in [0.25, 0.3) is 16.7 Å². The Bertz CT molecular complexity index is 1240. The molecule has 1 aromatic heterocycles. The second-order valence-electron chi connectivity index (χ2n) is 7.11. The zero-order chi connectivity index (χ0) is 20.5. The van der Waals surface area contributed by atoms with E-state index in [0.29, 0.717) is 18.1 Å². The van der Waals surface area contributed by atoms with Gasteiger partial charge in [0.25, 0.3) is 0 Å². The molecule has 5 heteroatoms. The van der Waals surface area contributed by atoms with Gasteiger partial charge in [0.1, 0.15) is 0 Å². The average molecular weight is 395 g/mol. The molecule has 0 bridgehead atoms. The van der Waals surface area contributed by atoms with Gasteiger partial charge in [0, 0.05) is 0 Å². The van der Waals surface area contributed by atoms with Crippen molar-refractivity contribution < 1.29 is 9.53 Å². The van der Waals surface area contributed by atoms with Crippen LogP contribution in [0.3, 0.4) is 0 Å². The number of nitrogens with one attached hydrogen (secondary N) is 1. The maximum absolute atomic E-state index is 13.3. The van der Waals surface area contributed by atoms with Gasteiger partial charge in [0.05, 0.1) is 35.0 Å².